The number of anilines is 1. The number of guanidine groups is 1. The van der Waals surface area contributed by atoms with Gasteiger partial charge in [0.05, 0.1) is 7.11 Å². The molecular weight excluding hydrogens is 339 g/mol. The average Bonchev–Trinajstić information content (AvgIpc) is 2.54. The smallest absolute Gasteiger partial charge is 0.469 e. The van der Waals surface area contributed by atoms with E-state index in [4.69, 9.17) is 5.73 Å². The number of carbonyl (C=O) groups excluding carboxylic acids is 1. The molecule has 0 saturated heterocycles. The Hall–Kier alpha value is -2.45. The molecule has 3 N–H and O–H groups in total. The Morgan fingerprint density at radius 3 is 2.40 bits per heavy atom. The minimum atomic E-state index is -4.72. The highest BCUT2D eigenvalue weighted by Crippen LogP contribution is 2.23. The third-order valence-electron chi connectivity index (χ3n) is 3.16. The number of alkyl halides is 3. The van der Waals surface area contributed by atoms with Gasteiger partial charge in [-0.1, -0.05) is 12.8 Å². The van der Waals surface area contributed by atoms with Gasteiger partial charge in [0.2, 0.25) is 0 Å². The number of rotatable bonds is 9. The van der Waals surface area contributed by atoms with Crippen molar-refractivity contribution >= 4 is 17.6 Å². The summed E-state index contributed by atoms with van der Waals surface area (Å²) >= 11 is 0. The van der Waals surface area contributed by atoms with E-state index < -0.39 is 6.36 Å². The van der Waals surface area contributed by atoms with E-state index in [9.17, 15) is 18.0 Å². The predicted octanol–water partition coefficient (Wildman–Crippen LogP) is 3.44. The summed E-state index contributed by atoms with van der Waals surface area (Å²) < 4.78 is 44.5. The number of halogens is 3. The highest BCUT2D eigenvalue weighted by atomic mass is 19.4. The van der Waals surface area contributed by atoms with E-state index in [1.807, 2.05) is 0 Å². The SMILES string of the molecule is COC(=O)CCCCCCN=C(N)Nc1ccc(OC(F)(F)F)cc1. The molecule has 0 aromatic heterocycles. The highest BCUT2D eigenvalue weighted by Gasteiger charge is 2.30. The predicted molar refractivity (Wildman–Crippen MR) is 88.3 cm³/mol. The minimum absolute atomic E-state index is 0.180. The number of esters is 1. The number of nitrogens with one attached hydrogen (secondary N) is 1. The van der Waals surface area contributed by atoms with Crippen LogP contribution in [0, 0.1) is 0 Å². The van der Waals surface area contributed by atoms with E-state index in [1.54, 1.807) is 0 Å². The lowest BCUT2D eigenvalue weighted by Gasteiger charge is -2.10. The van der Waals surface area contributed by atoms with Crippen LogP contribution in [-0.4, -0.2) is 31.9 Å². The maximum Gasteiger partial charge on any atom is 0.573 e. The summed E-state index contributed by atoms with van der Waals surface area (Å²) in [6.45, 7) is 0.520. The second-order valence-electron chi connectivity index (χ2n) is 5.20. The lowest BCUT2D eigenvalue weighted by molar-refractivity contribution is -0.274. The summed E-state index contributed by atoms with van der Waals surface area (Å²) in [6, 6.07) is 5.20. The summed E-state index contributed by atoms with van der Waals surface area (Å²) in [7, 11) is 1.36. The number of nitrogens with zero attached hydrogens (tertiary/aromatic N) is 1. The van der Waals surface area contributed by atoms with Gasteiger partial charge in [-0.05, 0) is 37.1 Å². The average molecular weight is 361 g/mol. The fourth-order valence-corrected chi connectivity index (χ4v) is 1.96. The Morgan fingerprint density at radius 2 is 1.80 bits per heavy atom. The number of hydrogen-bond donors (Lipinski definition) is 2. The van der Waals surface area contributed by atoms with E-state index in [0.29, 0.717) is 18.7 Å². The number of nitrogens with two attached hydrogens (primary N) is 1. The molecule has 25 heavy (non-hydrogen) atoms. The molecule has 1 aromatic carbocycles. The Kier molecular flexibility index (Phi) is 8.59. The number of carbonyl (C=O) groups is 1. The van der Waals surface area contributed by atoms with Gasteiger partial charge in [0.1, 0.15) is 5.75 Å². The third-order valence-corrected chi connectivity index (χ3v) is 3.16. The topological polar surface area (TPSA) is 85.9 Å². The zero-order valence-corrected chi connectivity index (χ0v) is 13.9. The van der Waals surface area contributed by atoms with Crippen molar-refractivity contribution < 1.29 is 27.4 Å². The van der Waals surface area contributed by atoms with Crippen molar-refractivity contribution in [3.8, 4) is 5.75 Å². The van der Waals surface area contributed by atoms with E-state index in [1.165, 1.54) is 31.4 Å². The van der Waals surface area contributed by atoms with Crippen LogP contribution >= 0.6 is 0 Å². The molecule has 0 radical (unpaired) electrons. The molecule has 0 aliphatic rings. The molecule has 0 aliphatic carbocycles. The molecule has 0 heterocycles. The molecule has 140 valence electrons. The quantitative estimate of drug-likeness (QED) is 0.305. The number of methoxy groups -OCH3 is 1. The molecule has 0 amide bonds. The van der Waals surface area contributed by atoms with Crippen LogP contribution in [0.4, 0.5) is 18.9 Å². The van der Waals surface area contributed by atoms with Crippen molar-refractivity contribution in [2.75, 3.05) is 19.0 Å². The second kappa shape index (κ2) is 10.4. The zero-order chi connectivity index (χ0) is 18.7. The molecule has 0 saturated carbocycles. The molecule has 0 atom stereocenters. The van der Waals surface area contributed by atoms with Gasteiger partial charge in [-0.25, -0.2) is 0 Å². The molecule has 6 nitrogen and oxygen atoms in total. The monoisotopic (exact) mass is 361 g/mol. The number of hydrogen-bond acceptors (Lipinski definition) is 4. The van der Waals surface area contributed by atoms with Gasteiger partial charge in [0, 0.05) is 18.7 Å². The van der Waals surface area contributed by atoms with Gasteiger partial charge in [0.25, 0.3) is 0 Å². The number of aliphatic imine (C=N–C) groups is 1. The summed E-state index contributed by atoms with van der Waals surface area (Å²) in [5, 5.41) is 2.79. The summed E-state index contributed by atoms with van der Waals surface area (Å²) in [5.41, 5.74) is 6.22. The third kappa shape index (κ3) is 10.1. The van der Waals surface area contributed by atoms with Crippen LogP contribution in [0.15, 0.2) is 29.3 Å². The highest BCUT2D eigenvalue weighted by molar-refractivity contribution is 5.92. The van der Waals surface area contributed by atoms with Crippen LogP contribution in [0.1, 0.15) is 32.1 Å². The van der Waals surface area contributed by atoms with Crippen molar-refractivity contribution in [2.24, 2.45) is 10.7 Å². The van der Waals surface area contributed by atoms with E-state index in [-0.39, 0.29) is 17.7 Å². The van der Waals surface area contributed by atoms with Crippen LogP contribution in [0.5, 0.6) is 5.75 Å². The first-order chi connectivity index (χ1) is 11.8. The lowest BCUT2D eigenvalue weighted by atomic mass is 10.1. The maximum atomic E-state index is 12.1. The summed E-state index contributed by atoms with van der Waals surface area (Å²) in [4.78, 5) is 15.1. The first-order valence-electron chi connectivity index (χ1n) is 7.80. The van der Waals surface area contributed by atoms with Gasteiger partial charge in [-0.3, -0.25) is 9.79 Å². The second-order valence-corrected chi connectivity index (χ2v) is 5.20. The molecule has 0 aliphatic heterocycles. The number of unbranched alkanes of at least 4 members (excludes halogenated alkanes) is 3. The van der Waals surface area contributed by atoms with Gasteiger partial charge < -0.3 is 20.5 Å². The van der Waals surface area contributed by atoms with Crippen LogP contribution < -0.4 is 15.8 Å². The van der Waals surface area contributed by atoms with Gasteiger partial charge in [-0.2, -0.15) is 0 Å². The van der Waals surface area contributed by atoms with Crippen molar-refractivity contribution in [3.05, 3.63) is 24.3 Å². The maximum absolute atomic E-state index is 12.1. The standard InChI is InChI=1S/C16H22F3N3O3/c1-24-14(23)6-4-2-3-5-11-21-15(20)22-12-7-9-13(10-8-12)25-16(17,18)19/h7-10H,2-6,11H2,1H3,(H3,20,21,22). The Morgan fingerprint density at radius 1 is 1.16 bits per heavy atom. The zero-order valence-electron chi connectivity index (χ0n) is 13.9. The normalized spacial score (nSPS) is 11.9. The molecule has 0 fully saturated rings. The van der Waals surface area contributed by atoms with E-state index in [0.717, 1.165) is 25.7 Å². The first kappa shape index (κ1) is 20.6. The Labute approximate surface area is 144 Å². The fourth-order valence-electron chi connectivity index (χ4n) is 1.96. The molecule has 0 bridgehead atoms. The Balaban J connectivity index is 2.25. The van der Waals surface area contributed by atoms with Gasteiger partial charge in [-0.15, -0.1) is 13.2 Å². The van der Waals surface area contributed by atoms with Gasteiger partial charge in [0.15, 0.2) is 5.96 Å². The largest absolute Gasteiger partial charge is 0.573 e. The summed E-state index contributed by atoms with van der Waals surface area (Å²) in [6.07, 6.45) is -0.891. The van der Waals surface area contributed by atoms with Crippen molar-refractivity contribution in [2.45, 2.75) is 38.5 Å². The molecule has 0 unspecified atom stereocenters. The van der Waals surface area contributed by atoms with Crippen molar-refractivity contribution in [1.29, 1.82) is 0 Å². The minimum Gasteiger partial charge on any atom is -0.469 e. The van der Waals surface area contributed by atoms with Crippen LogP contribution in [0.25, 0.3) is 0 Å². The van der Waals surface area contributed by atoms with Crippen LogP contribution in [-0.2, 0) is 9.53 Å². The van der Waals surface area contributed by atoms with Crippen molar-refractivity contribution in [1.82, 2.24) is 0 Å². The summed E-state index contributed by atoms with van der Waals surface area (Å²) in [5.74, 6) is -0.335. The first-order valence-corrected chi connectivity index (χ1v) is 7.80. The molecule has 9 heteroatoms. The number of ether oxygens (including phenoxy) is 2. The lowest BCUT2D eigenvalue weighted by Crippen LogP contribution is -2.23. The van der Waals surface area contributed by atoms with Crippen molar-refractivity contribution in [3.63, 3.8) is 0 Å². The van der Waals surface area contributed by atoms with E-state index in [2.05, 4.69) is 19.8 Å². The van der Waals surface area contributed by atoms with E-state index >= 15 is 0 Å². The molecule has 1 rings (SSSR count). The van der Waals surface area contributed by atoms with Gasteiger partial charge >= 0.3 is 12.3 Å². The molecule has 0 spiro atoms. The fraction of sp³-hybridized carbons (Fsp3) is 0.500. The number of benzene rings is 1. The Bertz CT molecular complexity index is 560. The van der Waals surface area contributed by atoms with Crippen LogP contribution in [0.2, 0.25) is 0 Å². The molecular formula is C16H22F3N3O3. The van der Waals surface area contributed by atoms with Crippen LogP contribution in [0.3, 0.4) is 0 Å². The molecule has 1 aromatic rings.